The Bertz CT molecular complexity index is 1070. The van der Waals surface area contributed by atoms with Crippen molar-refractivity contribution in [3.8, 4) is 17.2 Å². The molecule has 0 spiro atoms. The molecule has 5 nitrogen and oxygen atoms in total. The van der Waals surface area contributed by atoms with Gasteiger partial charge in [0.05, 0.1) is 19.2 Å². The number of unbranched alkanes of at least 4 members (excludes halogenated alkanes) is 6. The van der Waals surface area contributed by atoms with Crippen molar-refractivity contribution in [2.75, 3.05) is 13.7 Å². The van der Waals surface area contributed by atoms with E-state index in [2.05, 4.69) is 13.8 Å². The highest BCUT2D eigenvalue weighted by Gasteiger charge is 2.20. The molecule has 5 heteroatoms. The van der Waals surface area contributed by atoms with E-state index >= 15 is 0 Å². The zero-order valence-corrected chi connectivity index (χ0v) is 21.0. The summed E-state index contributed by atoms with van der Waals surface area (Å²) >= 11 is 0. The van der Waals surface area contributed by atoms with E-state index in [1.54, 1.807) is 0 Å². The number of hydrogen-bond donors (Lipinski definition) is 0. The summed E-state index contributed by atoms with van der Waals surface area (Å²) in [5.74, 6) is 1.52. The van der Waals surface area contributed by atoms with Gasteiger partial charge in [-0.25, -0.2) is 0 Å². The Balaban J connectivity index is 1.95. The molecule has 0 aliphatic carbocycles. The molecule has 0 atom stereocenters. The van der Waals surface area contributed by atoms with Crippen LogP contribution in [0.25, 0.3) is 10.9 Å². The van der Waals surface area contributed by atoms with E-state index < -0.39 is 0 Å². The van der Waals surface area contributed by atoms with Crippen molar-refractivity contribution in [2.24, 2.45) is 0 Å². The van der Waals surface area contributed by atoms with Crippen molar-refractivity contribution in [1.82, 2.24) is 4.57 Å². The smallest absolute Gasteiger partial charge is 0.297 e. The molecule has 0 saturated carbocycles. The average molecular weight is 466 g/mol. The van der Waals surface area contributed by atoms with Gasteiger partial charge in [-0.1, -0.05) is 82.7 Å². The Kier molecular flexibility index (Phi) is 10.3. The lowest BCUT2D eigenvalue weighted by Gasteiger charge is -2.18. The summed E-state index contributed by atoms with van der Waals surface area (Å²) in [5, 5.41) is 0.862. The second kappa shape index (κ2) is 13.7. The first-order valence-corrected chi connectivity index (χ1v) is 12.7. The molecule has 1 heterocycles. The number of hydrogen-bond acceptors (Lipinski definition) is 4. The highest BCUT2D eigenvalue weighted by atomic mass is 16.5. The standard InChI is InChI=1S/C29H39NO4/c1-4-6-8-9-10-14-19-30-26-21-24(33-20-7-5-2)17-18-25(26)27(28(32-3)29(30)31)34-22-23-15-12-11-13-16-23/h11-13,15-18,21H,4-10,14,19-20,22H2,1-3H3. The Labute approximate surface area is 203 Å². The van der Waals surface area contributed by atoms with Crippen LogP contribution in [0.3, 0.4) is 0 Å². The molecular formula is C29H39NO4. The van der Waals surface area contributed by atoms with Gasteiger partial charge < -0.3 is 18.8 Å². The Morgan fingerprint density at radius 1 is 0.794 bits per heavy atom. The first-order chi connectivity index (χ1) is 16.7. The molecule has 0 unspecified atom stereocenters. The fraction of sp³-hybridized carbons (Fsp3) is 0.483. The number of aryl methyl sites for hydroxylation is 1. The summed E-state index contributed by atoms with van der Waals surface area (Å²) in [6, 6.07) is 15.9. The van der Waals surface area contributed by atoms with Gasteiger partial charge in [-0.05, 0) is 30.5 Å². The topological polar surface area (TPSA) is 49.7 Å². The normalized spacial score (nSPS) is 11.0. The molecule has 3 rings (SSSR count). The monoisotopic (exact) mass is 465 g/mol. The number of ether oxygens (including phenoxy) is 3. The molecule has 2 aromatic carbocycles. The molecule has 1 aromatic heterocycles. The van der Waals surface area contributed by atoms with E-state index in [-0.39, 0.29) is 11.3 Å². The van der Waals surface area contributed by atoms with Gasteiger partial charge in [0.1, 0.15) is 12.4 Å². The quantitative estimate of drug-likeness (QED) is 0.224. The minimum absolute atomic E-state index is 0.155. The Hall–Kier alpha value is -2.95. The van der Waals surface area contributed by atoms with Gasteiger partial charge in [-0.3, -0.25) is 4.79 Å². The van der Waals surface area contributed by atoms with Crippen LogP contribution in [0, 0.1) is 0 Å². The number of rotatable bonds is 15. The van der Waals surface area contributed by atoms with Crippen LogP contribution in [0.4, 0.5) is 0 Å². The molecule has 0 N–H and O–H groups in total. The number of fused-ring (bicyclic) bond motifs is 1. The molecule has 0 aliphatic heterocycles. The van der Waals surface area contributed by atoms with Gasteiger partial charge in [0.15, 0.2) is 5.75 Å². The van der Waals surface area contributed by atoms with Crippen LogP contribution >= 0.6 is 0 Å². The molecule has 0 bridgehead atoms. The maximum atomic E-state index is 13.5. The fourth-order valence-corrected chi connectivity index (χ4v) is 4.13. The van der Waals surface area contributed by atoms with Gasteiger partial charge in [0.2, 0.25) is 5.75 Å². The third kappa shape index (κ3) is 6.78. The molecule has 34 heavy (non-hydrogen) atoms. The average Bonchev–Trinajstić information content (AvgIpc) is 2.86. The van der Waals surface area contributed by atoms with Crippen LogP contribution < -0.4 is 19.8 Å². The van der Waals surface area contributed by atoms with Gasteiger partial charge in [-0.2, -0.15) is 0 Å². The van der Waals surface area contributed by atoms with E-state index in [0.29, 0.717) is 25.5 Å². The highest BCUT2D eigenvalue weighted by molar-refractivity contribution is 5.89. The second-order valence-corrected chi connectivity index (χ2v) is 8.74. The van der Waals surface area contributed by atoms with Crippen LogP contribution in [0.15, 0.2) is 53.3 Å². The molecular weight excluding hydrogens is 426 g/mol. The lowest BCUT2D eigenvalue weighted by Crippen LogP contribution is -2.23. The van der Waals surface area contributed by atoms with E-state index in [1.165, 1.54) is 32.8 Å². The van der Waals surface area contributed by atoms with E-state index in [1.807, 2.05) is 53.1 Å². The number of benzene rings is 2. The van der Waals surface area contributed by atoms with Gasteiger partial charge in [0, 0.05) is 18.0 Å². The predicted molar refractivity (Wildman–Crippen MR) is 139 cm³/mol. The Morgan fingerprint density at radius 2 is 1.53 bits per heavy atom. The summed E-state index contributed by atoms with van der Waals surface area (Å²) in [7, 11) is 1.54. The first kappa shape index (κ1) is 25.7. The van der Waals surface area contributed by atoms with Crippen LogP contribution in [-0.2, 0) is 13.2 Å². The van der Waals surface area contributed by atoms with Crippen molar-refractivity contribution in [1.29, 1.82) is 0 Å². The van der Waals surface area contributed by atoms with Gasteiger partial charge >= 0.3 is 0 Å². The van der Waals surface area contributed by atoms with Crippen molar-refractivity contribution in [3.63, 3.8) is 0 Å². The molecule has 0 radical (unpaired) electrons. The van der Waals surface area contributed by atoms with Crippen molar-refractivity contribution in [2.45, 2.75) is 78.4 Å². The van der Waals surface area contributed by atoms with Crippen molar-refractivity contribution < 1.29 is 14.2 Å². The third-order valence-electron chi connectivity index (χ3n) is 6.08. The SMILES string of the molecule is CCCCCCCCn1c(=O)c(OC)c(OCc2ccccc2)c2ccc(OCCCC)cc21. The van der Waals surface area contributed by atoms with E-state index in [9.17, 15) is 4.79 Å². The number of aromatic nitrogens is 1. The molecule has 0 aliphatic rings. The van der Waals surface area contributed by atoms with Crippen LogP contribution in [-0.4, -0.2) is 18.3 Å². The lowest BCUT2D eigenvalue weighted by atomic mass is 10.1. The van der Waals surface area contributed by atoms with Crippen LogP contribution in [0.2, 0.25) is 0 Å². The van der Waals surface area contributed by atoms with Crippen molar-refractivity contribution in [3.05, 3.63) is 64.4 Å². The number of methoxy groups -OCH3 is 1. The summed E-state index contributed by atoms with van der Waals surface area (Å²) in [4.78, 5) is 13.5. The van der Waals surface area contributed by atoms with E-state index in [0.717, 1.165) is 47.9 Å². The van der Waals surface area contributed by atoms with Gasteiger partial charge in [-0.15, -0.1) is 0 Å². The minimum Gasteiger partial charge on any atom is -0.494 e. The molecule has 184 valence electrons. The summed E-state index contributed by atoms with van der Waals surface area (Å²) in [6.07, 6.45) is 9.07. The second-order valence-electron chi connectivity index (χ2n) is 8.74. The minimum atomic E-state index is -0.155. The summed E-state index contributed by atoms with van der Waals surface area (Å²) < 4.78 is 19.6. The fourth-order valence-electron chi connectivity index (χ4n) is 4.13. The highest BCUT2D eigenvalue weighted by Crippen LogP contribution is 2.35. The lowest BCUT2D eigenvalue weighted by molar-refractivity contribution is 0.284. The van der Waals surface area contributed by atoms with Crippen molar-refractivity contribution >= 4 is 10.9 Å². The summed E-state index contributed by atoms with van der Waals surface area (Å²) in [5.41, 5.74) is 1.71. The van der Waals surface area contributed by atoms with E-state index in [4.69, 9.17) is 14.2 Å². The maximum absolute atomic E-state index is 13.5. The van der Waals surface area contributed by atoms with Gasteiger partial charge in [0.25, 0.3) is 5.56 Å². The third-order valence-corrected chi connectivity index (χ3v) is 6.08. The first-order valence-electron chi connectivity index (χ1n) is 12.7. The predicted octanol–water partition coefficient (Wildman–Crippen LogP) is 7.13. The summed E-state index contributed by atoms with van der Waals surface area (Å²) in [6.45, 7) is 6.04. The molecule has 3 aromatic rings. The molecule has 0 saturated heterocycles. The number of pyridine rings is 1. The molecule has 0 amide bonds. The largest absolute Gasteiger partial charge is 0.494 e. The van der Waals surface area contributed by atoms with Crippen LogP contribution in [0.1, 0.15) is 70.8 Å². The maximum Gasteiger partial charge on any atom is 0.297 e. The molecule has 0 fully saturated rings. The Morgan fingerprint density at radius 3 is 2.26 bits per heavy atom. The zero-order chi connectivity index (χ0) is 24.2. The van der Waals surface area contributed by atoms with Crippen LogP contribution in [0.5, 0.6) is 17.2 Å². The number of nitrogens with zero attached hydrogens (tertiary/aromatic N) is 1. The zero-order valence-electron chi connectivity index (χ0n) is 21.0.